The van der Waals surface area contributed by atoms with Crippen molar-refractivity contribution < 1.29 is 9.47 Å². The van der Waals surface area contributed by atoms with Gasteiger partial charge in [-0.1, -0.05) is 0 Å². The molecule has 3 rings (SSSR count). The van der Waals surface area contributed by atoms with E-state index in [1.807, 2.05) is 0 Å². The Bertz CT molecular complexity index is 205. The van der Waals surface area contributed by atoms with Crippen molar-refractivity contribution in [2.24, 2.45) is 5.92 Å². The van der Waals surface area contributed by atoms with E-state index in [4.69, 9.17) is 9.47 Å². The van der Waals surface area contributed by atoms with Crippen molar-refractivity contribution in [3.05, 3.63) is 5.92 Å². The molecule has 0 aromatic rings. The van der Waals surface area contributed by atoms with E-state index in [9.17, 15) is 0 Å². The minimum atomic E-state index is 0.498. The first kappa shape index (κ1) is 12.0. The summed E-state index contributed by atoms with van der Waals surface area (Å²) in [7, 11) is 0. The van der Waals surface area contributed by atoms with Crippen LogP contribution in [0.15, 0.2) is 0 Å². The van der Waals surface area contributed by atoms with Gasteiger partial charge in [-0.2, -0.15) is 0 Å². The Hall–Kier alpha value is -0.0800. The molecule has 3 atom stereocenters. The summed E-state index contributed by atoms with van der Waals surface area (Å²) in [6.45, 7) is 1.98. The number of ether oxygens (including phenoxy) is 2. The summed E-state index contributed by atoms with van der Waals surface area (Å²) >= 11 is 0. The average molecular weight is 237 g/mol. The highest BCUT2D eigenvalue weighted by Gasteiger charge is 2.37. The molecule has 1 aliphatic carbocycles. The molecule has 3 unspecified atom stereocenters. The van der Waals surface area contributed by atoms with Crippen LogP contribution in [0.25, 0.3) is 0 Å². The van der Waals surface area contributed by atoms with Gasteiger partial charge in [-0.15, -0.1) is 0 Å². The summed E-state index contributed by atoms with van der Waals surface area (Å²) in [6, 6.07) is 0. The molecular formula is C15H25O2. The van der Waals surface area contributed by atoms with E-state index in [-0.39, 0.29) is 0 Å². The van der Waals surface area contributed by atoms with Gasteiger partial charge < -0.3 is 9.47 Å². The molecule has 17 heavy (non-hydrogen) atoms. The average Bonchev–Trinajstić information content (AvgIpc) is 2.90. The molecule has 2 heteroatoms. The van der Waals surface area contributed by atoms with E-state index in [1.165, 1.54) is 57.8 Å². The highest BCUT2D eigenvalue weighted by molar-refractivity contribution is 5.06. The van der Waals surface area contributed by atoms with Gasteiger partial charge in [-0.05, 0) is 63.7 Å². The van der Waals surface area contributed by atoms with Crippen molar-refractivity contribution in [3.8, 4) is 0 Å². The molecule has 2 heterocycles. The lowest BCUT2D eigenvalue weighted by atomic mass is 9.90. The lowest BCUT2D eigenvalue weighted by molar-refractivity contribution is -0.0210. The first-order valence-corrected chi connectivity index (χ1v) is 7.51. The summed E-state index contributed by atoms with van der Waals surface area (Å²) in [5.41, 5.74) is 0. The van der Waals surface area contributed by atoms with Crippen molar-refractivity contribution in [2.45, 2.75) is 70.0 Å². The van der Waals surface area contributed by atoms with E-state index >= 15 is 0 Å². The molecule has 2 aliphatic heterocycles. The van der Waals surface area contributed by atoms with Crippen LogP contribution in [0.5, 0.6) is 0 Å². The molecule has 1 saturated carbocycles. The van der Waals surface area contributed by atoms with Crippen LogP contribution in [-0.2, 0) is 9.47 Å². The summed E-state index contributed by atoms with van der Waals surface area (Å²) in [6.07, 6.45) is 12.8. The Kier molecular flexibility index (Phi) is 4.02. The van der Waals surface area contributed by atoms with Crippen LogP contribution < -0.4 is 0 Å². The zero-order valence-corrected chi connectivity index (χ0v) is 10.8. The van der Waals surface area contributed by atoms with Gasteiger partial charge in [-0.25, -0.2) is 0 Å². The molecule has 2 nitrogen and oxygen atoms in total. The maximum Gasteiger partial charge on any atom is 0.0637 e. The Morgan fingerprint density at radius 1 is 0.824 bits per heavy atom. The first-order valence-electron chi connectivity index (χ1n) is 7.51. The van der Waals surface area contributed by atoms with Gasteiger partial charge >= 0.3 is 0 Å². The zero-order valence-electron chi connectivity index (χ0n) is 10.8. The van der Waals surface area contributed by atoms with Gasteiger partial charge in [-0.3, -0.25) is 0 Å². The predicted octanol–water partition coefficient (Wildman–Crippen LogP) is 3.50. The van der Waals surface area contributed by atoms with Crippen molar-refractivity contribution >= 4 is 0 Å². The molecule has 3 aliphatic rings. The molecule has 1 radical (unpaired) electrons. The van der Waals surface area contributed by atoms with Gasteiger partial charge in [0.05, 0.1) is 12.2 Å². The van der Waals surface area contributed by atoms with E-state index in [0.29, 0.717) is 12.2 Å². The minimum absolute atomic E-state index is 0.498. The Morgan fingerprint density at radius 3 is 2.35 bits per heavy atom. The normalized spacial score (nSPS) is 40.6. The molecule has 2 saturated heterocycles. The molecule has 0 bridgehead atoms. The van der Waals surface area contributed by atoms with Crippen molar-refractivity contribution in [3.63, 3.8) is 0 Å². The summed E-state index contributed by atoms with van der Waals surface area (Å²) < 4.78 is 11.9. The number of hydrogen-bond donors (Lipinski definition) is 0. The maximum atomic E-state index is 5.94. The fourth-order valence-corrected chi connectivity index (χ4v) is 3.72. The highest BCUT2D eigenvalue weighted by Crippen LogP contribution is 2.42. The maximum absolute atomic E-state index is 5.94. The SMILES string of the molecule is C1CCC([C]2CCC(C3CCCCO3)C2)OC1. The van der Waals surface area contributed by atoms with Crippen LogP contribution in [0.3, 0.4) is 0 Å². The molecule has 0 amide bonds. The second-order valence-corrected chi connectivity index (χ2v) is 5.92. The van der Waals surface area contributed by atoms with Crippen LogP contribution in [0.1, 0.15) is 57.8 Å². The molecule has 3 fully saturated rings. The predicted molar refractivity (Wildman–Crippen MR) is 67.8 cm³/mol. The largest absolute Gasteiger partial charge is 0.378 e. The van der Waals surface area contributed by atoms with Crippen LogP contribution in [0.2, 0.25) is 0 Å². The van der Waals surface area contributed by atoms with Crippen molar-refractivity contribution in [2.75, 3.05) is 13.2 Å². The van der Waals surface area contributed by atoms with Crippen molar-refractivity contribution in [1.29, 1.82) is 0 Å². The van der Waals surface area contributed by atoms with Gasteiger partial charge in [0, 0.05) is 19.1 Å². The van der Waals surface area contributed by atoms with E-state index in [0.717, 1.165) is 19.1 Å². The molecule has 97 valence electrons. The van der Waals surface area contributed by atoms with Crippen LogP contribution in [-0.4, -0.2) is 25.4 Å². The fraction of sp³-hybridized carbons (Fsp3) is 0.933. The summed E-state index contributed by atoms with van der Waals surface area (Å²) in [5, 5.41) is 0. The lowest BCUT2D eigenvalue weighted by Crippen LogP contribution is -2.28. The topological polar surface area (TPSA) is 18.5 Å². The third kappa shape index (κ3) is 2.85. The second-order valence-electron chi connectivity index (χ2n) is 5.92. The van der Waals surface area contributed by atoms with E-state index < -0.39 is 0 Å². The van der Waals surface area contributed by atoms with Gasteiger partial charge in [0.1, 0.15) is 0 Å². The zero-order chi connectivity index (χ0) is 11.5. The third-order valence-electron chi connectivity index (χ3n) is 4.74. The first-order chi connectivity index (χ1) is 8.43. The molecule has 0 aromatic heterocycles. The fourth-order valence-electron chi connectivity index (χ4n) is 3.72. The quantitative estimate of drug-likeness (QED) is 0.732. The third-order valence-corrected chi connectivity index (χ3v) is 4.74. The molecule has 0 spiro atoms. The van der Waals surface area contributed by atoms with E-state index in [2.05, 4.69) is 0 Å². The monoisotopic (exact) mass is 237 g/mol. The van der Waals surface area contributed by atoms with Crippen LogP contribution in [0.4, 0.5) is 0 Å². The smallest absolute Gasteiger partial charge is 0.0637 e. The van der Waals surface area contributed by atoms with Crippen molar-refractivity contribution in [1.82, 2.24) is 0 Å². The highest BCUT2D eigenvalue weighted by atomic mass is 16.5. The van der Waals surface area contributed by atoms with Crippen LogP contribution >= 0.6 is 0 Å². The Morgan fingerprint density at radius 2 is 1.65 bits per heavy atom. The molecule has 0 N–H and O–H groups in total. The van der Waals surface area contributed by atoms with Gasteiger partial charge in [0.2, 0.25) is 0 Å². The second kappa shape index (κ2) is 5.71. The van der Waals surface area contributed by atoms with Gasteiger partial charge in [0.25, 0.3) is 0 Å². The standard InChI is InChI=1S/C15H25O2/c1-3-9-16-14(5-1)12-7-8-13(11-12)15-6-2-4-10-17-15/h12,14-15H,1-11H2. The lowest BCUT2D eigenvalue weighted by Gasteiger charge is -2.30. The van der Waals surface area contributed by atoms with E-state index in [1.54, 1.807) is 5.92 Å². The van der Waals surface area contributed by atoms with Crippen LogP contribution in [0, 0.1) is 11.8 Å². The minimum Gasteiger partial charge on any atom is -0.378 e. The summed E-state index contributed by atoms with van der Waals surface area (Å²) in [5.74, 6) is 2.50. The Labute approximate surface area is 105 Å². The van der Waals surface area contributed by atoms with Gasteiger partial charge in [0.15, 0.2) is 0 Å². The number of rotatable bonds is 2. The number of hydrogen-bond acceptors (Lipinski definition) is 2. The summed E-state index contributed by atoms with van der Waals surface area (Å²) in [4.78, 5) is 0. The molecule has 0 aromatic carbocycles. The Balaban J connectivity index is 1.50. The molecular weight excluding hydrogens is 212 g/mol.